The highest BCUT2D eigenvalue weighted by atomic mass is 127. The molecule has 1 aromatic heterocycles. The number of hydrogen-bond acceptors (Lipinski definition) is 4. The Morgan fingerprint density at radius 1 is 1.28 bits per heavy atom. The number of ether oxygens (including phenoxy) is 2. The molecule has 2 rings (SSSR count). The van der Waals surface area contributed by atoms with E-state index in [9.17, 15) is 0 Å². The maximum atomic E-state index is 6.06. The number of nitrogens with zero attached hydrogens (tertiary/aromatic N) is 2. The van der Waals surface area contributed by atoms with Crippen LogP contribution in [0.5, 0.6) is 5.88 Å². The fourth-order valence-corrected chi connectivity index (χ4v) is 2.82. The Morgan fingerprint density at radius 3 is 2.72 bits per heavy atom. The van der Waals surface area contributed by atoms with Crippen LogP contribution < -0.4 is 15.4 Å². The zero-order valence-electron chi connectivity index (χ0n) is 15.5. The summed E-state index contributed by atoms with van der Waals surface area (Å²) in [6.45, 7) is 4.36. The minimum Gasteiger partial charge on any atom is -0.474 e. The topological polar surface area (TPSA) is 67.8 Å². The lowest BCUT2D eigenvalue weighted by Crippen LogP contribution is -2.38. The summed E-state index contributed by atoms with van der Waals surface area (Å²) >= 11 is 0. The molecule has 1 saturated carbocycles. The van der Waals surface area contributed by atoms with Gasteiger partial charge in [-0.1, -0.05) is 6.92 Å². The van der Waals surface area contributed by atoms with Crippen molar-refractivity contribution in [1.82, 2.24) is 15.6 Å². The number of guanidine groups is 1. The molecule has 0 unspecified atom stereocenters. The lowest BCUT2D eigenvalue weighted by molar-refractivity contribution is 0.130. The fraction of sp³-hybridized carbons (Fsp3) is 0.667. The van der Waals surface area contributed by atoms with Crippen molar-refractivity contribution in [2.75, 3.05) is 27.3 Å². The molecule has 1 aliphatic carbocycles. The average molecular weight is 462 g/mol. The molecular formula is C18H31IN4O2. The van der Waals surface area contributed by atoms with E-state index in [4.69, 9.17) is 9.47 Å². The van der Waals surface area contributed by atoms with Gasteiger partial charge in [-0.2, -0.15) is 0 Å². The second-order valence-corrected chi connectivity index (χ2v) is 6.35. The Labute approximate surface area is 168 Å². The minimum atomic E-state index is 0. The summed E-state index contributed by atoms with van der Waals surface area (Å²) in [6.07, 6.45) is 6.85. The van der Waals surface area contributed by atoms with Crippen LogP contribution in [0.4, 0.5) is 0 Å². The molecule has 0 aliphatic heterocycles. The number of nitrogens with one attached hydrogen (secondary N) is 2. The Bertz CT molecular complexity index is 520. The first kappa shape index (κ1) is 22.0. The maximum absolute atomic E-state index is 6.06. The monoisotopic (exact) mass is 462 g/mol. The highest BCUT2D eigenvalue weighted by Crippen LogP contribution is 2.26. The average Bonchev–Trinajstić information content (AvgIpc) is 2.60. The summed E-state index contributed by atoms with van der Waals surface area (Å²) in [7, 11) is 3.44. The van der Waals surface area contributed by atoms with Gasteiger partial charge in [0.2, 0.25) is 5.88 Å². The van der Waals surface area contributed by atoms with E-state index >= 15 is 0 Å². The normalized spacial score (nSPS) is 20.5. The fourth-order valence-electron chi connectivity index (χ4n) is 2.82. The Balaban J connectivity index is 0.00000312. The molecule has 1 aromatic rings. The molecule has 2 N–H and O–H groups in total. The maximum Gasteiger partial charge on any atom is 0.213 e. The van der Waals surface area contributed by atoms with Gasteiger partial charge in [0, 0.05) is 39.5 Å². The predicted octanol–water partition coefficient (Wildman–Crippen LogP) is 2.97. The van der Waals surface area contributed by atoms with E-state index < -0.39 is 0 Å². The highest BCUT2D eigenvalue weighted by molar-refractivity contribution is 14.0. The van der Waals surface area contributed by atoms with Crippen molar-refractivity contribution in [2.45, 2.75) is 45.3 Å². The van der Waals surface area contributed by atoms with E-state index in [1.54, 1.807) is 20.4 Å². The first-order valence-corrected chi connectivity index (χ1v) is 8.76. The largest absolute Gasteiger partial charge is 0.474 e. The van der Waals surface area contributed by atoms with Gasteiger partial charge in [0.25, 0.3) is 0 Å². The molecule has 142 valence electrons. The molecule has 7 heteroatoms. The van der Waals surface area contributed by atoms with Crippen molar-refractivity contribution in [1.29, 1.82) is 0 Å². The van der Waals surface area contributed by atoms with Crippen LogP contribution in [0.3, 0.4) is 0 Å². The number of hydrogen-bond donors (Lipinski definition) is 2. The van der Waals surface area contributed by atoms with E-state index in [-0.39, 0.29) is 24.0 Å². The second-order valence-electron chi connectivity index (χ2n) is 6.35. The third-order valence-electron chi connectivity index (χ3n) is 4.33. The van der Waals surface area contributed by atoms with Crippen molar-refractivity contribution in [3.05, 3.63) is 23.9 Å². The number of aliphatic imine (C=N–C) groups is 1. The van der Waals surface area contributed by atoms with Crippen LogP contribution in [-0.2, 0) is 11.3 Å². The van der Waals surface area contributed by atoms with Crippen LogP contribution in [0.2, 0.25) is 0 Å². The van der Waals surface area contributed by atoms with E-state index in [1.807, 2.05) is 12.1 Å². The standard InChI is InChI=1S/C18H30N4O2.HI/c1-14-4-6-16(7-5-14)24-17-12-15(8-9-20-17)13-22-18(19-2)21-10-11-23-3;/h8-9,12,14,16H,4-7,10-11,13H2,1-3H3,(H2,19,21,22);1H. The smallest absolute Gasteiger partial charge is 0.213 e. The lowest BCUT2D eigenvalue weighted by Gasteiger charge is -2.26. The molecular weight excluding hydrogens is 431 g/mol. The first-order chi connectivity index (χ1) is 11.7. The number of halogens is 1. The Kier molecular flexibility index (Phi) is 10.8. The summed E-state index contributed by atoms with van der Waals surface area (Å²) < 4.78 is 11.1. The van der Waals surface area contributed by atoms with Crippen LogP contribution in [-0.4, -0.2) is 44.4 Å². The summed E-state index contributed by atoms with van der Waals surface area (Å²) in [4.78, 5) is 8.54. The third-order valence-corrected chi connectivity index (χ3v) is 4.33. The minimum absolute atomic E-state index is 0. The molecule has 1 fully saturated rings. The van der Waals surface area contributed by atoms with Gasteiger partial charge in [0.15, 0.2) is 5.96 Å². The molecule has 0 bridgehead atoms. The quantitative estimate of drug-likeness (QED) is 0.282. The molecule has 0 radical (unpaired) electrons. The Morgan fingerprint density at radius 2 is 2.04 bits per heavy atom. The summed E-state index contributed by atoms with van der Waals surface area (Å²) in [5.74, 6) is 2.30. The Hall–Kier alpha value is -1.09. The lowest BCUT2D eigenvalue weighted by atomic mass is 9.89. The van der Waals surface area contributed by atoms with Gasteiger partial charge in [-0.05, 0) is 43.2 Å². The highest BCUT2D eigenvalue weighted by Gasteiger charge is 2.19. The number of pyridine rings is 1. The molecule has 1 aliphatic rings. The van der Waals surface area contributed by atoms with Crippen LogP contribution in [0, 0.1) is 5.92 Å². The van der Waals surface area contributed by atoms with Gasteiger partial charge >= 0.3 is 0 Å². The van der Waals surface area contributed by atoms with E-state index in [1.165, 1.54) is 12.8 Å². The summed E-state index contributed by atoms with van der Waals surface area (Å²) in [5.41, 5.74) is 1.12. The first-order valence-electron chi connectivity index (χ1n) is 8.76. The van der Waals surface area contributed by atoms with E-state index in [0.717, 1.165) is 42.7 Å². The van der Waals surface area contributed by atoms with Gasteiger partial charge in [0.1, 0.15) is 6.10 Å². The molecule has 0 spiro atoms. The number of rotatable bonds is 7. The van der Waals surface area contributed by atoms with Crippen molar-refractivity contribution in [3.8, 4) is 5.88 Å². The van der Waals surface area contributed by atoms with Crippen LogP contribution in [0.25, 0.3) is 0 Å². The van der Waals surface area contributed by atoms with E-state index in [2.05, 4.69) is 27.5 Å². The number of methoxy groups -OCH3 is 1. The van der Waals surface area contributed by atoms with Gasteiger partial charge in [0.05, 0.1) is 6.61 Å². The third kappa shape index (κ3) is 8.22. The zero-order chi connectivity index (χ0) is 17.2. The van der Waals surface area contributed by atoms with Crippen LogP contribution in [0.1, 0.15) is 38.2 Å². The number of aromatic nitrogens is 1. The van der Waals surface area contributed by atoms with Crippen molar-refractivity contribution >= 4 is 29.9 Å². The van der Waals surface area contributed by atoms with Gasteiger partial charge < -0.3 is 20.1 Å². The molecule has 0 aromatic carbocycles. The summed E-state index contributed by atoms with van der Waals surface area (Å²) in [5, 5.41) is 6.47. The van der Waals surface area contributed by atoms with Crippen LogP contribution in [0.15, 0.2) is 23.3 Å². The van der Waals surface area contributed by atoms with Crippen molar-refractivity contribution in [3.63, 3.8) is 0 Å². The van der Waals surface area contributed by atoms with Crippen molar-refractivity contribution in [2.24, 2.45) is 10.9 Å². The molecule has 0 atom stereocenters. The predicted molar refractivity (Wildman–Crippen MR) is 112 cm³/mol. The second kappa shape index (κ2) is 12.3. The van der Waals surface area contributed by atoms with Gasteiger partial charge in [-0.15, -0.1) is 24.0 Å². The molecule has 0 amide bonds. The molecule has 1 heterocycles. The SMILES string of the molecule is CN=C(NCCOC)NCc1ccnc(OC2CCC(C)CC2)c1.I. The van der Waals surface area contributed by atoms with Crippen LogP contribution >= 0.6 is 24.0 Å². The molecule has 25 heavy (non-hydrogen) atoms. The molecule has 6 nitrogen and oxygen atoms in total. The van der Waals surface area contributed by atoms with Gasteiger partial charge in [-0.3, -0.25) is 4.99 Å². The van der Waals surface area contributed by atoms with Crippen molar-refractivity contribution < 1.29 is 9.47 Å². The van der Waals surface area contributed by atoms with E-state index in [0.29, 0.717) is 19.3 Å². The molecule has 0 saturated heterocycles. The summed E-state index contributed by atoms with van der Waals surface area (Å²) in [6, 6.07) is 4.00. The zero-order valence-corrected chi connectivity index (χ0v) is 17.8. The van der Waals surface area contributed by atoms with Gasteiger partial charge in [-0.25, -0.2) is 4.98 Å².